The summed E-state index contributed by atoms with van der Waals surface area (Å²) in [6, 6.07) is 15.6. The molecule has 3 rings (SSSR count). The number of carboxylic acid groups (broad SMARTS) is 1. The number of likely N-dealkylation sites (tertiary alicyclic amines) is 1. The first-order valence-corrected chi connectivity index (χ1v) is 9.61. The van der Waals surface area contributed by atoms with E-state index in [4.69, 9.17) is 9.94 Å². The van der Waals surface area contributed by atoms with Crippen LogP contribution in [0.15, 0.2) is 54.6 Å². The number of rotatable bonds is 8. The molecule has 0 aromatic heterocycles. The fraction of sp³-hybridized carbons (Fsp3) is 0.318. The Hall–Kier alpha value is -3.39. The number of hydrogen-bond donors (Lipinski definition) is 3. The van der Waals surface area contributed by atoms with Crippen molar-refractivity contribution in [1.82, 2.24) is 10.4 Å². The zero-order chi connectivity index (χ0) is 21.7. The number of amides is 2. The lowest BCUT2D eigenvalue weighted by atomic mass is 9.76. The first kappa shape index (κ1) is 21.3. The third kappa shape index (κ3) is 4.28. The third-order valence-electron chi connectivity index (χ3n) is 5.52. The van der Waals surface area contributed by atoms with Crippen molar-refractivity contribution in [3.8, 4) is 5.75 Å². The van der Waals surface area contributed by atoms with E-state index in [1.165, 1.54) is 17.3 Å². The fourth-order valence-electron chi connectivity index (χ4n) is 3.80. The van der Waals surface area contributed by atoms with Crippen molar-refractivity contribution in [1.29, 1.82) is 0 Å². The molecule has 158 valence electrons. The van der Waals surface area contributed by atoms with Crippen molar-refractivity contribution in [3.05, 3.63) is 65.7 Å². The van der Waals surface area contributed by atoms with Crippen LogP contribution in [0.4, 0.5) is 0 Å². The molecule has 0 radical (unpaired) electrons. The lowest BCUT2D eigenvalue weighted by Crippen LogP contribution is -2.48. The third-order valence-corrected chi connectivity index (χ3v) is 5.52. The zero-order valence-electron chi connectivity index (χ0n) is 16.6. The maximum absolute atomic E-state index is 13.2. The highest BCUT2D eigenvalue weighted by molar-refractivity contribution is 5.97. The number of hydrogen-bond acceptors (Lipinski definition) is 5. The zero-order valence-corrected chi connectivity index (χ0v) is 16.6. The summed E-state index contributed by atoms with van der Waals surface area (Å²) in [5.41, 5.74) is 1.84. The van der Waals surface area contributed by atoms with Gasteiger partial charge in [0.2, 0.25) is 5.91 Å². The van der Waals surface area contributed by atoms with Gasteiger partial charge < -0.3 is 14.7 Å². The molecule has 1 saturated heterocycles. The standard InChI is InChI=1S/C22H24N2O6/c1-15(20(27)23-29)24-12-11-22(21(24)28,13-19(25)26)17-7-9-18(10-8-17)30-14-16-5-3-2-4-6-16/h2-10,15,29H,11-14H2,1H3,(H,23,27)(H,25,26)/t15-,22?/m1/s1. The molecule has 2 atom stereocenters. The Balaban J connectivity index is 1.81. The first-order chi connectivity index (χ1) is 14.4. The number of aliphatic carboxylic acids is 1. The number of benzene rings is 2. The molecule has 0 saturated carbocycles. The van der Waals surface area contributed by atoms with E-state index < -0.39 is 29.2 Å². The fourth-order valence-corrected chi connectivity index (χ4v) is 3.80. The number of carboxylic acids is 1. The van der Waals surface area contributed by atoms with E-state index in [0.29, 0.717) is 17.9 Å². The van der Waals surface area contributed by atoms with E-state index in [1.54, 1.807) is 24.3 Å². The molecule has 1 heterocycles. The number of nitrogens with one attached hydrogen (secondary N) is 1. The lowest BCUT2D eigenvalue weighted by Gasteiger charge is -2.29. The van der Waals surface area contributed by atoms with Crippen LogP contribution >= 0.6 is 0 Å². The van der Waals surface area contributed by atoms with Gasteiger partial charge in [0.15, 0.2) is 0 Å². The average molecular weight is 412 g/mol. The van der Waals surface area contributed by atoms with Gasteiger partial charge in [-0.1, -0.05) is 42.5 Å². The Labute approximate surface area is 174 Å². The molecule has 1 aliphatic heterocycles. The van der Waals surface area contributed by atoms with Crippen LogP contribution in [0.2, 0.25) is 0 Å². The summed E-state index contributed by atoms with van der Waals surface area (Å²) in [4.78, 5) is 37.8. The minimum Gasteiger partial charge on any atom is -0.489 e. The minimum atomic E-state index is -1.27. The SMILES string of the molecule is C[C@H](C(=O)NO)N1CCC(CC(=O)O)(c2ccc(OCc3ccccc3)cc2)C1=O. The normalized spacial score (nSPS) is 19.4. The molecule has 0 aliphatic carbocycles. The summed E-state index contributed by atoms with van der Waals surface area (Å²) in [5.74, 6) is -1.67. The molecule has 3 N–H and O–H groups in total. The lowest BCUT2D eigenvalue weighted by molar-refractivity contribution is -0.146. The number of nitrogens with zero attached hydrogens (tertiary/aromatic N) is 1. The second kappa shape index (κ2) is 8.96. The molecule has 0 spiro atoms. The second-order valence-electron chi connectivity index (χ2n) is 7.35. The molecule has 1 unspecified atom stereocenters. The monoisotopic (exact) mass is 412 g/mol. The molecule has 0 bridgehead atoms. The van der Waals surface area contributed by atoms with Crippen molar-refractivity contribution in [2.24, 2.45) is 0 Å². The molecule has 2 aromatic carbocycles. The Bertz CT molecular complexity index is 915. The molecule has 30 heavy (non-hydrogen) atoms. The van der Waals surface area contributed by atoms with Gasteiger partial charge in [-0.3, -0.25) is 19.6 Å². The van der Waals surface area contributed by atoms with Crippen LogP contribution in [-0.4, -0.2) is 45.6 Å². The van der Waals surface area contributed by atoms with E-state index in [2.05, 4.69) is 0 Å². The molecular formula is C22H24N2O6. The maximum Gasteiger partial charge on any atom is 0.304 e. The first-order valence-electron chi connectivity index (χ1n) is 9.61. The van der Waals surface area contributed by atoms with E-state index in [9.17, 15) is 19.5 Å². The number of carbonyl (C=O) groups is 3. The van der Waals surface area contributed by atoms with Gasteiger partial charge in [0, 0.05) is 6.54 Å². The van der Waals surface area contributed by atoms with Gasteiger partial charge >= 0.3 is 5.97 Å². The molecular weight excluding hydrogens is 388 g/mol. The van der Waals surface area contributed by atoms with Gasteiger partial charge in [-0.05, 0) is 36.6 Å². The summed E-state index contributed by atoms with van der Waals surface area (Å²) < 4.78 is 5.76. The van der Waals surface area contributed by atoms with Gasteiger partial charge in [-0.15, -0.1) is 0 Å². The Morgan fingerprint density at radius 1 is 1.17 bits per heavy atom. The predicted octanol–water partition coefficient (Wildman–Crippen LogP) is 2.10. The summed E-state index contributed by atoms with van der Waals surface area (Å²) in [6.45, 7) is 2.09. The van der Waals surface area contributed by atoms with E-state index in [0.717, 1.165) is 5.56 Å². The smallest absolute Gasteiger partial charge is 0.304 e. The maximum atomic E-state index is 13.2. The topological polar surface area (TPSA) is 116 Å². The number of carbonyl (C=O) groups excluding carboxylic acids is 2. The Morgan fingerprint density at radius 3 is 2.43 bits per heavy atom. The molecule has 8 nitrogen and oxygen atoms in total. The highest BCUT2D eigenvalue weighted by Gasteiger charge is 2.51. The van der Waals surface area contributed by atoms with Crippen LogP contribution in [-0.2, 0) is 26.4 Å². The summed E-state index contributed by atoms with van der Waals surface area (Å²) in [6.07, 6.45) is -0.134. The number of ether oxygens (including phenoxy) is 1. The second-order valence-corrected chi connectivity index (χ2v) is 7.35. The average Bonchev–Trinajstić information content (AvgIpc) is 3.08. The highest BCUT2D eigenvalue weighted by atomic mass is 16.5. The van der Waals surface area contributed by atoms with Crippen molar-refractivity contribution >= 4 is 17.8 Å². The van der Waals surface area contributed by atoms with Gasteiger partial charge in [0.25, 0.3) is 5.91 Å². The predicted molar refractivity (Wildman–Crippen MR) is 107 cm³/mol. The van der Waals surface area contributed by atoms with Crippen LogP contribution in [0.5, 0.6) is 5.75 Å². The van der Waals surface area contributed by atoms with Crippen LogP contribution in [0.1, 0.15) is 30.9 Å². The summed E-state index contributed by atoms with van der Waals surface area (Å²) in [7, 11) is 0. The van der Waals surface area contributed by atoms with Crippen molar-refractivity contribution in [3.63, 3.8) is 0 Å². The molecule has 1 aliphatic rings. The van der Waals surface area contributed by atoms with E-state index in [-0.39, 0.29) is 19.4 Å². The van der Waals surface area contributed by atoms with Crippen molar-refractivity contribution in [2.45, 2.75) is 37.8 Å². The summed E-state index contributed by atoms with van der Waals surface area (Å²) >= 11 is 0. The molecule has 2 aromatic rings. The summed E-state index contributed by atoms with van der Waals surface area (Å²) in [5, 5.41) is 18.3. The van der Waals surface area contributed by atoms with Gasteiger partial charge in [-0.2, -0.15) is 0 Å². The van der Waals surface area contributed by atoms with Crippen LogP contribution in [0, 0.1) is 0 Å². The van der Waals surface area contributed by atoms with Gasteiger partial charge in [0.1, 0.15) is 18.4 Å². The minimum absolute atomic E-state index is 0.215. The van der Waals surface area contributed by atoms with Gasteiger partial charge in [0.05, 0.1) is 11.8 Å². The largest absolute Gasteiger partial charge is 0.489 e. The molecule has 1 fully saturated rings. The van der Waals surface area contributed by atoms with Crippen LogP contribution in [0.3, 0.4) is 0 Å². The van der Waals surface area contributed by atoms with Gasteiger partial charge in [-0.25, -0.2) is 5.48 Å². The van der Waals surface area contributed by atoms with E-state index >= 15 is 0 Å². The quantitative estimate of drug-likeness (QED) is 0.452. The number of hydroxylamine groups is 1. The molecule has 8 heteroatoms. The Kier molecular flexibility index (Phi) is 6.37. The van der Waals surface area contributed by atoms with Crippen LogP contribution in [0.25, 0.3) is 0 Å². The highest BCUT2D eigenvalue weighted by Crippen LogP contribution is 2.40. The van der Waals surface area contributed by atoms with Crippen LogP contribution < -0.4 is 10.2 Å². The molecule has 2 amide bonds. The van der Waals surface area contributed by atoms with Crippen molar-refractivity contribution in [2.75, 3.05) is 6.54 Å². The Morgan fingerprint density at radius 2 is 1.83 bits per heavy atom. The van der Waals surface area contributed by atoms with E-state index in [1.807, 2.05) is 30.3 Å². The van der Waals surface area contributed by atoms with Crippen molar-refractivity contribution < 1.29 is 29.4 Å².